The maximum atomic E-state index is 10.7. The van der Waals surface area contributed by atoms with Crippen molar-refractivity contribution in [2.75, 3.05) is 20.4 Å². The Hall–Kier alpha value is -1.56. The van der Waals surface area contributed by atoms with Crippen molar-refractivity contribution in [1.29, 1.82) is 0 Å². The van der Waals surface area contributed by atoms with E-state index in [0.717, 1.165) is 41.1 Å². The molecule has 1 fully saturated rings. The molecule has 3 heterocycles. The Labute approximate surface area is 129 Å². The lowest BCUT2D eigenvalue weighted by Crippen LogP contribution is -2.58. The van der Waals surface area contributed by atoms with Crippen molar-refractivity contribution >= 4 is 0 Å². The molecule has 1 aliphatic carbocycles. The van der Waals surface area contributed by atoms with E-state index in [9.17, 15) is 10.2 Å². The molecule has 2 N–H and O–H groups in total. The van der Waals surface area contributed by atoms with Gasteiger partial charge in [0, 0.05) is 12.0 Å². The van der Waals surface area contributed by atoms with E-state index in [1.807, 2.05) is 12.1 Å². The molecule has 0 bridgehead atoms. The minimum atomic E-state index is -0.779. The molecule has 116 valence electrons. The zero-order chi connectivity index (χ0) is 15.1. The number of aliphatic hydroxyl groups is 2. The van der Waals surface area contributed by atoms with Gasteiger partial charge < -0.3 is 24.2 Å². The average molecular weight is 302 g/mol. The highest BCUT2D eigenvalue weighted by atomic mass is 16.7. The smallest absolute Gasteiger partial charge is 0.231 e. The summed E-state index contributed by atoms with van der Waals surface area (Å²) in [6, 6.07) is 4.35. The van der Waals surface area contributed by atoms with Crippen molar-refractivity contribution in [2.45, 2.75) is 37.1 Å². The van der Waals surface area contributed by atoms with E-state index in [0.29, 0.717) is 0 Å². The molecular formula is C17H20NO4+. The number of fused-ring (bicyclic) bond motifs is 3. The number of benzene rings is 1. The highest BCUT2D eigenvalue weighted by molar-refractivity contribution is 5.52. The number of aliphatic hydroxyl groups excluding tert-OH is 2. The molecule has 5 rings (SSSR count). The molecule has 1 aromatic rings. The largest absolute Gasteiger partial charge is 0.454 e. The second kappa shape index (κ2) is 4.04. The Kier molecular flexibility index (Phi) is 2.38. The topological polar surface area (TPSA) is 58.9 Å². The van der Waals surface area contributed by atoms with Crippen LogP contribution in [0.5, 0.6) is 11.5 Å². The molecule has 0 unspecified atom stereocenters. The Morgan fingerprint density at radius 2 is 1.95 bits per heavy atom. The molecule has 4 aliphatic rings. The van der Waals surface area contributed by atoms with Crippen molar-refractivity contribution in [3.63, 3.8) is 0 Å². The molecule has 0 amide bonds. The fraction of sp³-hybridized carbons (Fsp3) is 0.529. The third kappa shape index (κ3) is 1.49. The van der Waals surface area contributed by atoms with Gasteiger partial charge in [-0.05, 0) is 29.3 Å². The summed E-state index contributed by atoms with van der Waals surface area (Å²) in [6.07, 6.45) is 1.35. The van der Waals surface area contributed by atoms with E-state index in [-0.39, 0.29) is 18.8 Å². The van der Waals surface area contributed by atoms with E-state index in [1.54, 1.807) is 0 Å². The minimum absolute atomic E-state index is 0.0688. The predicted octanol–water partition coefficient (Wildman–Crippen LogP) is 0.893. The lowest BCUT2D eigenvalue weighted by Gasteiger charge is -2.48. The summed E-state index contributed by atoms with van der Waals surface area (Å²) < 4.78 is 11.9. The van der Waals surface area contributed by atoms with Gasteiger partial charge in [-0.1, -0.05) is 0 Å². The van der Waals surface area contributed by atoms with Gasteiger partial charge in [-0.15, -0.1) is 0 Å². The average Bonchev–Trinajstić information content (AvgIpc) is 3.06. The fourth-order valence-electron chi connectivity index (χ4n) is 4.96. The maximum absolute atomic E-state index is 10.7. The van der Waals surface area contributed by atoms with Crippen LogP contribution in [0.1, 0.15) is 23.5 Å². The number of hydrogen-bond donors (Lipinski definition) is 2. The molecule has 5 atom stereocenters. The third-order valence-corrected chi connectivity index (χ3v) is 5.93. The number of rotatable bonds is 0. The lowest BCUT2D eigenvalue weighted by molar-refractivity contribution is -0.935. The van der Waals surface area contributed by atoms with E-state index < -0.39 is 12.2 Å². The Bertz CT molecular complexity index is 700. The molecule has 1 saturated heterocycles. The van der Waals surface area contributed by atoms with Crippen LogP contribution >= 0.6 is 0 Å². The normalized spacial score (nSPS) is 41.0. The van der Waals surface area contributed by atoms with Gasteiger partial charge in [0.05, 0.1) is 31.7 Å². The molecule has 0 saturated carbocycles. The molecule has 0 radical (unpaired) electrons. The summed E-state index contributed by atoms with van der Waals surface area (Å²) in [5.41, 5.74) is 3.62. The van der Waals surface area contributed by atoms with Gasteiger partial charge >= 0.3 is 0 Å². The highest BCUT2D eigenvalue weighted by Crippen LogP contribution is 2.52. The van der Waals surface area contributed by atoms with E-state index in [1.165, 1.54) is 11.1 Å². The first-order chi connectivity index (χ1) is 10.6. The SMILES string of the molecule is C[N@+]12CCC3=C[C@H](O)[C@@H](O)[C@H](c4cc5c(cc4C1)OCO5)[C@H]32. The molecular weight excluding hydrogens is 282 g/mol. The lowest BCUT2D eigenvalue weighted by atomic mass is 9.72. The van der Waals surface area contributed by atoms with Crippen LogP contribution in [0, 0.1) is 0 Å². The van der Waals surface area contributed by atoms with Gasteiger partial charge in [-0.2, -0.15) is 0 Å². The van der Waals surface area contributed by atoms with E-state index in [2.05, 4.69) is 13.1 Å². The van der Waals surface area contributed by atoms with Crippen LogP contribution in [0.15, 0.2) is 23.8 Å². The van der Waals surface area contributed by atoms with E-state index >= 15 is 0 Å². The second-order valence-electron chi connectivity index (χ2n) is 7.21. The zero-order valence-corrected chi connectivity index (χ0v) is 12.5. The van der Waals surface area contributed by atoms with Crippen molar-refractivity contribution < 1.29 is 24.2 Å². The van der Waals surface area contributed by atoms with Crippen LogP contribution in [-0.2, 0) is 6.54 Å². The Morgan fingerprint density at radius 1 is 1.18 bits per heavy atom. The van der Waals surface area contributed by atoms with Crippen molar-refractivity contribution in [3.05, 3.63) is 34.9 Å². The summed E-state index contributed by atoms with van der Waals surface area (Å²) in [6.45, 7) is 2.25. The van der Waals surface area contributed by atoms with Crippen LogP contribution in [0.3, 0.4) is 0 Å². The molecule has 22 heavy (non-hydrogen) atoms. The predicted molar refractivity (Wildman–Crippen MR) is 78.6 cm³/mol. The number of ether oxygens (including phenoxy) is 2. The van der Waals surface area contributed by atoms with Gasteiger partial charge in [-0.25, -0.2) is 0 Å². The van der Waals surface area contributed by atoms with Gasteiger partial charge in [0.25, 0.3) is 0 Å². The Morgan fingerprint density at radius 3 is 2.77 bits per heavy atom. The molecule has 5 heteroatoms. The van der Waals surface area contributed by atoms with Crippen molar-refractivity contribution in [2.24, 2.45) is 0 Å². The summed E-state index contributed by atoms with van der Waals surface area (Å²) >= 11 is 0. The molecule has 1 aromatic carbocycles. The number of hydrogen-bond acceptors (Lipinski definition) is 4. The van der Waals surface area contributed by atoms with Crippen LogP contribution in [-0.4, -0.2) is 53.3 Å². The number of nitrogens with zero attached hydrogens (tertiary/aromatic N) is 1. The van der Waals surface area contributed by atoms with Crippen LogP contribution in [0.25, 0.3) is 0 Å². The quantitative estimate of drug-likeness (QED) is 0.552. The first kappa shape index (κ1) is 12.9. The van der Waals surface area contributed by atoms with Gasteiger partial charge in [0.2, 0.25) is 6.79 Å². The highest BCUT2D eigenvalue weighted by Gasteiger charge is 2.56. The molecule has 0 spiro atoms. The summed E-state index contributed by atoms with van der Waals surface area (Å²) in [7, 11) is 2.26. The van der Waals surface area contributed by atoms with E-state index in [4.69, 9.17) is 9.47 Å². The van der Waals surface area contributed by atoms with Crippen molar-refractivity contribution in [3.8, 4) is 11.5 Å². The first-order valence-corrected chi connectivity index (χ1v) is 7.90. The minimum Gasteiger partial charge on any atom is -0.454 e. The standard InChI is InChI=1S/C17H20NO4/c1-18-3-2-9-4-12(19)17(20)15(16(9)18)11-6-14-13(21-8-22-14)5-10(11)7-18/h4-6,12,15-17,19-20H,2-3,7-8H2,1H3/q+1/t12-,15+,16-,17+,18-/m0/s1. The maximum Gasteiger partial charge on any atom is 0.231 e. The number of likely N-dealkylation sites (N-methyl/N-ethyl adjacent to an activating group) is 1. The van der Waals surface area contributed by atoms with Gasteiger partial charge in [-0.3, -0.25) is 0 Å². The fourth-order valence-corrected chi connectivity index (χ4v) is 4.96. The zero-order valence-electron chi connectivity index (χ0n) is 12.5. The molecule has 0 aromatic heterocycles. The van der Waals surface area contributed by atoms with Crippen molar-refractivity contribution in [1.82, 2.24) is 0 Å². The van der Waals surface area contributed by atoms with Crippen LogP contribution in [0.4, 0.5) is 0 Å². The number of quaternary nitrogens is 1. The van der Waals surface area contributed by atoms with Gasteiger partial charge in [0.15, 0.2) is 11.5 Å². The summed E-state index contributed by atoms with van der Waals surface area (Å²) in [5, 5.41) is 20.9. The first-order valence-electron chi connectivity index (χ1n) is 7.90. The van der Waals surface area contributed by atoms with Gasteiger partial charge in [0.1, 0.15) is 12.6 Å². The third-order valence-electron chi connectivity index (χ3n) is 5.93. The second-order valence-corrected chi connectivity index (χ2v) is 7.21. The van der Waals surface area contributed by atoms with Crippen LogP contribution < -0.4 is 9.47 Å². The van der Waals surface area contributed by atoms with Crippen LogP contribution in [0.2, 0.25) is 0 Å². The summed E-state index contributed by atoms with van der Waals surface area (Å²) in [5.74, 6) is 1.48. The monoisotopic (exact) mass is 302 g/mol. The summed E-state index contributed by atoms with van der Waals surface area (Å²) in [4.78, 5) is 0. The Balaban J connectivity index is 1.73. The molecule has 5 nitrogen and oxygen atoms in total. The molecule has 3 aliphatic heterocycles.